The standard InChI is InChI=1S/C26H27BrN2O5/c27-20-9-10-22(30)23-19(20)11-12-29(25(32)17-7-3-4-8-18(17)26(33)34)21(23)14-28-13-15-5-1-2-6-16(15)24(28)31/h1-2,5-6,9-10,17-18,21,30H,3-4,7-8,11-14H2,(H,33,34)/t17?,18?,21-/m1/s1. The summed E-state index contributed by atoms with van der Waals surface area (Å²) < 4.78 is 0.856. The van der Waals surface area contributed by atoms with Gasteiger partial charge in [-0.05, 0) is 48.6 Å². The van der Waals surface area contributed by atoms with Crippen LogP contribution in [0.25, 0.3) is 0 Å². The van der Waals surface area contributed by atoms with E-state index in [0.29, 0.717) is 43.5 Å². The number of benzene rings is 2. The highest BCUT2D eigenvalue weighted by Crippen LogP contribution is 2.43. The molecular weight excluding hydrogens is 500 g/mol. The number of aromatic hydroxyl groups is 1. The van der Waals surface area contributed by atoms with E-state index in [-0.39, 0.29) is 24.1 Å². The summed E-state index contributed by atoms with van der Waals surface area (Å²) in [5.41, 5.74) is 3.17. The van der Waals surface area contributed by atoms with Crippen LogP contribution >= 0.6 is 15.9 Å². The zero-order chi connectivity index (χ0) is 24.0. The van der Waals surface area contributed by atoms with Crippen molar-refractivity contribution >= 4 is 33.7 Å². The van der Waals surface area contributed by atoms with Gasteiger partial charge in [-0.15, -0.1) is 0 Å². The predicted octanol–water partition coefficient (Wildman–Crippen LogP) is 4.13. The molecule has 3 aliphatic rings. The summed E-state index contributed by atoms with van der Waals surface area (Å²) in [6.07, 6.45) is 3.22. The van der Waals surface area contributed by atoms with Crippen LogP contribution in [0.1, 0.15) is 58.8 Å². The van der Waals surface area contributed by atoms with Crippen LogP contribution in [0.3, 0.4) is 0 Å². The Labute approximate surface area is 206 Å². The van der Waals surface area contributed by atoms with Crippen molar-refractivity contribution < 1.29 is 24.6 Å². The Morgan fingerprint density at radius 1 is 1.06 bits per heavy atom. The summed E-state index contributed by atoms with van der Waals surface area (Å²) in [4.78, 5) is 42.3. The highest BCUT2D eigenvalue weighted by molar-refractivity contribution is 9.10. The summed E-state index contributed by atoms with van der Waals surface area (Å²) in [6.45, 7) is 1.09. The quantitative estimate of drug-likeness (QED) is 0.624. The molecule has 2 aromatic carbocycles. The number of rotatable bonds is 4. The van der Waals surface area contributed by atoms with E-state index >= 15 is 0 Å². The maximum absolute atomic E-state index is 13.8. The fraction of sp³-hybridized carbons (Fsp3) is 0.423. The number of hydrogen-bond donors (Lipinski definition) is 2. The van der Waals surface area contributed by atoms with E-state index in [1.54, 1.807) is 21.9 Å². The first-order valence-corrected chi connectivity index (χ1v) is 12.6. The number of nitrogens with zero attached hydrogens (tertiary/aromatic N) is 2. The van der Waals surface area contributed by atoms with E-state index in [4.69, 9.17) is 0 Å². The van der Waals surface area contributed by atoms with E-state index in [0.717, 1.165) is 28.4 Å². The second-order valence-electron chi connectivity index (χ2n) is 9.43. The van der Waals surface area contributed by atoms with Gasteiger partial charge in [-0.2, -0.15) is 0 Å². The minimum absolute atomic E-state index is 0.0864. The fourth-order valence-corrected chi connectivity index (χ4v) is 6.40. The smallest absolute Gasteiger partial charge is 0.307 e. The van der Waals surface area contributed by atoms with Crippen molar-refractivity contribution in [3.05, 3.63) is 63.1 Å². The molecule has 1 aliphatic carbocycles. The predicted molar refractivity (Wildman–Crippen MR) is 128 cm³/mol. The number of fused-ring (bicyclic) bond motifs is 2. The lowest BCUT2D eigenvalue weighted by Crippen LogP contribution is -2.49. The molecule has 0 saturated heterocycles. The summed E-state index contributed by atoms with van der Waals surface area (Å²) in [6, 6.07) is 10.3. The van der Waals surface area contributed by atoms with Crippen LogP contribution in [0.5, 0.6) is 5.75 Å². The molecule has 8 heteroatoms. The molecule has 2 unspecified atom stereocenters. The topological polar surface area (TPSA) is 98.2 Å². The first-order chi connectivity index (χ1) is 16.4. The van der Waals surface area contributed by atoms with Crippen LogP contribution in [-0.4, -0.2) is 50.9 Å². The van der Waals surface area contributed by atoms with E-state index in [1.807, 2.05) is 24.3 Å². The lowest BCUT2D eigenvalue weighted by Gasteiger charge is -2.42. The molecule has 0 radical (unpaired) electrons. The summed E-state index contributed by atoms with van der Waals surface area (Å²) in [7, 11) is 0. The third-order valence-electron chi connectivity index (χ3n) is 7.56. The van der Waals surface area contributed by atoms with Gasteiger partial charge >= 0.3 is 5.97 Å². The molecule has 7 nitrogen and oxygen atoms in total. The molecule has 2 aromatic rings. The number of carbonyl (C=O) groups is 3. The van der Waals surface area contributed by atoms with Gasteiger partial charge in [0.2, 0.25) is 5.91 Å². The molecule has 2 aliphatic heterocycles. The molecule has 3 atom stereocenters. The molecule has 1 fully saturated rings. The van der Waals surface area contributed by atoms with Gasteiger partial charge in [0.25, 0.3) is 5.91 Å². The molecule has 2 N–H and O–H groups in total. The lowest BCUT2D eigenvalue weighted by atomic mass is 9.77. The van der Waals surface area contributed by atoms with Crippen molar-refractivity contribution in [2.75, 3.05) is 13.1 Å². The van der Waals surface area contributed by atoms with Crippen LogP contribution in [0.15, 0.2) is 40.9 Å². The second kappa shape index (κ2) is 9.06. The number of carboxylic acids is 1. The molecule has 2 amide bonds. The molecule has 0 bridgehead atoms. The number of halogens is 1. The van der Waals surface area contributed by atoms with Crippen molar-refractivity contribution in [3.8, 4) is 5.75 Å². The Bertz CT molecular complexity index is 1170. The maximum atomic E-state index is 13.8. The van der Waals surface area contributed by atoms with Crippen molar-refractivity contribution in [2.24, 2.45) is 11.8 Å². The van der Waals surface area contributed by atoms with Gasteiger partial charge in [-0.3, -0.25) is 14.4 Å². The van der Waals surface area contributed by atoms with Gasteiger partial charge in [0.05, 0.1) is 17.9 Å². The Kier molecular flexibility index (Phi) is 6.10. The minimum Gasteiger partial charge on any atom is -0.508 e. The van der Waals surface area contributed by atoms with Crippen molar-refractivity contribution in [1.29, 1.82) is 0 Å². The molecule has 0 aromatic heterocycles. The van der Waals surface area contributed by atoms with Gasteiger partial charge in [0, 0.05) is 35.2 Å². The lowest BCUT2D eigenvalue weighted by molar-refractivity contribution is -0.153. The normalized spacial score (nSPS) is 24.0. The third kappa shape index (κ3) is 3.87. The van der Waals surface area contributed by atoms with Crippen LogP contribution < -0.4 is 0 Å². The molecule has 1 saturated carbocycles. The number of carbonyl (C=O) groups excluding carboxylic acids is 2. The maximum Gasteiger partial charge on any atom is 0.307 e. The van der Waals surface area contributed by atoms with E-state index in [1.165, 1.54) is 0 Å². The largest absolute Gasteiger partial charge is 0.508 e. The first kappa shape index (κ1) is 22.9. The number of amides is 2. The van der Waals surface area contributed by atoms with Crippen molar-refractivity contribution in [3.63, 3.8) is 0 Å². The van der Waals surface area contributed by atoms with Gasteiger partial charge in [0.1, 0.15) is 5.75 Å². The monoisotopic (exact) mass is 526 g/mol. The third-order valence-corrected chi connectivity index (χ3v) is 8.30. The summed E-state index contributed by atoms with van der Waals surface area (Å²) in [5.74, 6) is -2.41. The van der Waals surface area contributed by atoms with Gasteiger partial charge < -0.3 is 20.0 Å². The Morgan fingerprint density at radius 2 is 1.79 bits per heavy atom. The Hall–Kier alpha value is -2.87. The highest BCUT2D eigenvalue weighted by Gasteiger charge is 2.43. The van der Waals surface area contributed by atoms with Gasteiger partial charge in [0.15, 0.2) is 0 Å². The molecule has 0 spiro atoms. The number of aliphatic carboxylic acids is 1. The van der Waals surface area contributed by atoms with E-state index < -0.39 is 23.8 Å². The van der Waals surface area contributed by atoms with Crippen LogP contribution in [0.4, 0.5) is 0 Å². The van der Waals surface area contributed by atoms with E-state index in [2.05, 4.69) is 15.9 Å². The van der Waals surface area contributed by atoms with Crippen molar-refractivity contribution in [2.45, 2.75) is 44.7 Å². The number of carboxylic acid groups (broad SMARTS) is 1. The Morgan fingerprint density at radius 3 is 2.53 bits per heavy atom. The van der Waals surface area contributed by atoms with Gasteiger partial charge in [-0.25, -0.2) is 0 Å². The Balaban J connectivity index is 1.51. The van der Waals surface area contributed by atoms with Crippen LogP contribution in [0, 0.1) is 11.8 Å². The molecule has 178 valence electrons. The molecule has 5 rings (SSSR count). The van der Waals surface area contributed by atoms with Crippen molar-refractivity contribution in [1.82, 2.24) is 9.80 Å². The van der Waals surface area contributed by atoms with Crippen LogP contribution in [-0.2, 0) is 22.6 Å². The molecule has 34 heavy (non-hydrogen) atoms. The zero-order valence-corrected chi connectivity index (χ0v) is 20.3. The highest BCUT2D eigenvalue weighted by atomic mass is 79.9. The average Bonchev–Trinajstić information content (AvgIpc) is 3.16. The zero-order valence-electron chi connectivity index (χ0n) is 18.7. The first-order valence-electron chi connectivity index (χ1n) is 11.8. The minimum atomic E-state index is -0.928. The average molecular weight is 527 g/mol. The van der Waals surface area contributed by atoms with E-state index in [9.17, 15) is 24.6 Å². The van der Waals surface area contributed by atoms with Crippen LogP contribution in [0.2, 0.25) is 0 Å². The van der Waals surface area contributed by atoms with Gasteiger partial charge in [-0.1, -0.05) is 47.0 Å². The SMILES string of the molecule is O=C(O)C1CCCCC1C(=O)N1CCc2c(Br)ccc(O)c2[C@H]1CN1Cc2ccccc2C1=O. The number of hydrogen-bond acceptors (Lipinski definition) is 4. The molecular formula is C26H27BrN2O5. The molecule has 2 heterocycles. The fourth-order valence-electron chi connectivity index (χ4n) is 5.86. The summed E-state index contributed by atoms with van der Waals surface area (Å²) in [5, 5.41) is 20.6. The number of phenolic OH excluding ortho intramolecular Hbond substituents is 1. The number of phenols is 1. The second-order valence-corrected chi connectivity index (χ2v) is 10.3. The summed E-state index contributed by atoms with van der Waals surface area (Å²) >= 11 is 3.58.